The molecule has 168 valence electrons. The van der Waals surface area contributed by atoms with Crippen molar-refractivity contribution in [1.82, 2.24) is 15.5 Å². The van der Waals surface area contributed by atoms with Crippen LogP contribution < -0.4 is 10.6 Å². The summed E-state index contributed by atoms with van der Waals surface area (Å²) in [5, 5.41) is 5.79. The quantitative estimate of drug-likeness (QED) is 0.547. The van der Waals surface area contributed by atoms with Crippen molar-refractivity contribution in [2.45, 2.75) is 31.8 Å². The number of nitrogens with one attached hydrogen (secondary N) is 2. The summed E-state index contributed by atoms with van der Waals surface area (Å²) in [6.45, 7) is 3.23. The van der Waals surface area contributed by atoms with Crippen LogP contribution in [0.3, 0.4) is 0 Å². The first kappa shape index (κ1) is 22.3. The number of hydrogen-bond acceptors (Lipinski definition) is 3. The van der Waals surface area contributed by atoms with Gasteiger partial charge in [-0.3, -0.25) is 14.5 Å². The molecule has 1 aliphatic rings. The normalized spacial score (nSPS) is 18.7. The number of carbonyl (C=O) groups excluding carboxylic acids is 3. The maximum Gasteiger partial charge on any atom is 0.325 e. The second kappa shape index (κ2) is 9.28. The molecule has 0 saturated carbocycles. The minimum Gasteiger partial charge on any atom is -0.347 e. The first-order valence-electron chi connectivity index (χ1n) is 11.0. The lowest BCUT2D eigenvalue weighted by Gasteiger charge is -2.24. The summed E-state index contributed by atoms with van der Waals surface area (Å²) in [6.07, 6.45) is 0.595. The Kier molecular flexibility index (Phi) is 6.27. The summed E-state index contributed by atoms with van der Waals surface area (Å²) >= 11 is 0. The molecule has 2 atom stereocenters. The fourth-order valence-corrected chi connectivity index (χ4v) is 4.33. The molecule has 1 saturated heterocycles. The molecule has 6 nitrogen and oxygen atoms in total. The van der Waals surface area contributed by atoms with Crippen LogP contribution in [0.25, 0.3) is 0 Å². The second-order valence-electron chi connectivity index (χ2n) is 8.48. The summed E-state index contributed by atoms with van der Waals surface area (Å²) in [4.78, 5) is 39.9. The summed E-state index contributed by atoms with van der Waals surface area (Å²) in [5.74, 6) is -0.825. The Morgan fingerprint density at radius 1 is 0.939 bits per heavy atom. The maximum atomic E-state index is 13.2. The van der Waals surface area contributed by atoms with Crippen molar-refractivity contribution in [2.75, 3.05) is 6.54 Å². The lowest BCUT2D eigenvalue weighted by Crippen LogP contribution is -2.44. The monoisotopic (exact) mass is 441 g/mol. The molecule has 3 aromatic rings. The van der Waals surface area contributed by atoms with Gasteiger partial charge in [-0.15, -0.1) is 0 Å². The number of imide groups is 1. The Hall–Kier alpha value is -3.93. The number of rotatable bonds is 7. The molecule has 0 aromatic heterocycles. The van der Waals surface area contributed by atoms with E-state index < -0.39 is 23.4 Å². The lowest BCUT2D eigenvalue weighted by atomic mass is 9.88. The van der Waals surface area contributed by atoms with Crippen LogP contribution >= 0.6 is 0 Å². The van der Waals surface area contributed by atoms with Crippen molar-refractivity contribution in [3.05, 3.63) is 107 Å². The van der Waals surface area contributed by atoms with E-state index in [4.69, 9.17) is 0 Å². The minimum atomic E-state index is -1.20. The van der Waals surface area contributed by atoms with Crippen molar-refractivity contribution in [3.8, 4) is 0 Å². The Labute approximate surface area is 193 Å². The van der Waals surface area contributed by atoms with Gasteiger partial charge in [0, 0.05) is 0 Å². The van der Waals surface area contributed by atoms with Crippen molar-refractivity contribution in [1.29, 1.82) is 0 Å². The van der Waals surface area contributed by atoms with Gasteiger partial charge in [0.05, 0.1) is 6.04 Å². The van der Waals surface area contributed by atoms with Crippen molar-refractivity contribution < 1.29 is 14.4 Å². The molecule has 0 bridgehead atoms. The number of benzene rings is 3. The summed E-state index contributed by atoms with van der Waals surface area (Å²) in [7, 11) is 0. The number of urea groups is 1. The molecule has 2 N–H and O–H groups in total. The lowest BCUT2D eigenvalue weighted by molar-refractivity contribution is -0.135. The van der Waals surface area contributed by atoms with Crippen molar-refractivity contribution in [3.63, 3.8) is 0 Å². The van der Waals surface area contributed by atoms with Crippen LogP contribution in [0.1, 0.15) is 35.2 Å². The maximum absolute atomic E-state index is 13.2. The van der Waals surface area contributed by atoms with Crippen molar-refractivity contribution in [2.24, 2.45) is 0 Å². The highest BCUT2D eigenvalue weighted by Crippen LogP contribution is 2.31. The molecule has 4 amide bonds. The third-order valence-corrected chi connectivity index (χ3v) is 6.08. The van der Waals surface area contributed by atoms with E-state index >= 15 is 0 Å². The summed E-state index contributed by atoms with van der Waals surface area (Å²) in [6, 6.07) is 26.1. The standard InChI is InChI=1S/C27H27N3O3/c1-19-11-9-10-16-22(19)27(2)25(32)30(26(33)29-27)18-24(31)28-23(21-14-7-4-8-15-21)17-20-12-5-3-6-13-20/h3-16,23H,17-18H2,1-2H3,(H,28,31)(H,29,33). The smallest absolute Gasteiger partial charge is 0.325 e. The predicted molar refractivity (Wildman–Crippen MR) is 126 cm³/mol. The Balaban J connectivity index is 1.51. The SMILES string of the molecule is Cc1ccccc1C1(C)NC(=O)N(CC(=O)NC(Cc2ccccc2)c2ccccc2)C1=O. The molecule has 33 heavy (non-hydrogen) atoms. The molecule has 1 aliphatic heterocycles. The van der Waals surface area contributed by atoms with Crippen molar-refractivity contribution >= 4 is 17.8 Å². The largest absolute Gasteiger partial charge is 0.347 e. The van der Waals surface area contributed by atoms with Gasteiger partial charge >= 0.3 is 6.03 Å². The fourth-order valence-electron chi connectivity index (χ4n) is 4.33. The zero-order chi connectivity index (χ0) is 23.4. The van der Waals surface area contributed by atoms with Gasteiger partial charge in [0.25, 0.3) is 5.91 Å². The van der Waals surface area contributed by atoms with E-state index in [0.717, 1.165) is 27.2 Å². The van der Waals surface area contributed by atoms with Gasteiger partial charge in [-0.1, -0.05) is 84.9 Å². The van der Waals surface area contributed by atoms with Crippen LogP contribution in [0.15, 0.2) is 84.9 Å². The predicted octanol–water partition coefficient (Wildman–Crippen LogP) is 3.86. The van der Waals surface area contributed by atoms with Crippen LogP contribution in [0.2, 0.25) is 0 Å². The Morgan fingerprint density at radius 3 is 2.21 bits per heavy atom. The fraction of sp³-hybridized carbons (Fsp3) is 0.222. The van der Waals surface area contributed by atoms with E-state index in [9.17, 15) is 14.4 Å². The Morgan fingerprint density at radius 2 is 1.55 bits per heavy atom. The van der Waals surface area contributed by atoms with E-state index in [0.29, 0.717) is 6.42 Å². The van der Waals surface area contributed by atoms with Crippen LogP contribution in [0.5, 0.6) is 0 Å². The molecule has 6 heteroatoms. The molecule has 3 aromatic carbocycles. The van der Waals surface area contributed by atoms with Gasteiger partial charge in [-0.25, -0.2) is 4.79 Å². The first-order valence-corrected chi connectivity index (χ1v) is 11.0. The van der Waals surface area contributed by atoms with Gasteiger partial charge in [0.15, 0.2) is 0 Å². The van der Waals surface area contributed by atoms with Crippen LogP contribution in [0, 0.1) is 6.92 Å². The molecule has 0 aliphatic carbocycles. The number of hydrogen-bond donors (Lipinski definition) is 2. The molecule has 1 heterocycles. The molecule has 2 unspecified atom stereocenters. The van der Waals surface area contributed by atoms with Gasteiger partial charge in [0.1, 0.15) is 12.1 Å². The highest BCUT2D eigenvalue weighted by Gasteiger charge is 2.50. The number of amides is 4. The molecule has 4 rings (SSSR count). The first-order chi connectivity index (χ1) is 15.9. The Bertz CT molecular complexity index is 1160. The van der Waals surface area contributed by atoms with Gasteiger partial charge in [0.2, 0.25) is 5.91 Å². The molecule has 0 spiro atoms. The summed E-state index contributed by atoms with van der Waals surface area (Å²) in [5.41, 5.74) is 2.45. The topological polar surface area (TPSA) is 78.5 Å². The van der Waals surface area contributed by atoms with E-state index in [2.05, 4.69) is 10.6 Å². The van der Waals surface area contributed by atoms with Crippen LogP contribution in [0.4, 0.5) is 4.79 Å². The van der Waals surface area contributed by atoms with E-state index in [-0.39, 0.29) is 12.6 Å². The molecule has 1 fully saturated rings. The van der Waals surface area contributed by atoms with E-state index in [1.165, 1.54) is 0 Å². The number of carbonyl (C=O) groups is 3. The zero-order valence-electron chi connectivity index (χ0n) is 18.7. The minimum absolute atomic E-state index is 0.287. The molecular weight excluding hydrogens is 414 g/mol. The van der Waals surface area contributed by atoms with Gasteiger partial charge in [-0.2, -0.15) is 0 Å². The summed E-state index contributed by atoms with van der Waals surface area (Å²) < 4.78 is 0. The third-order valence-electron chi connectivity index (χ3n) is 6.08. The average molecular weight is 442 g/mol. The van der Waals surface area contributed by atoms with Gasteiger partial charge in [-0.05, 0) is 42.5 Å². The third kappa shape index (κ3) is 4.65. The zero-order valence-corrected chi connectivity index (χ0v) is 18.7. The highest BCUT2D eigenvalue weighted by molar-refractivity contribution is 6.09. The van der Waals surface area contributed by atoms with Crippen LogP contribution in [-0.2, 0) is 21.5 Å². The van der Waals surface area contributed by atoms with Gasteiger partial charge < -0.3 is 10.6 Å². The average Bonchev–Trinajstić information content (AvgIpc) is 3.04. The van der Waals surface area contributed by atoms with Crippen LogP contribution in [-0.4, -0.2) is 29.3 Å². The van der Waals surface area contributed by atoms with E-state index in [1.807, 2.05) is 91.9 Å². The number of aryl methyl sites for hydroxylation is 1. The van der Waals surface area contributed by atoms with E-state index in [1.54, 1.807) is 6.92 Å². The molecule has 0 radical (unpaired) electrons. The number of nitrogens with zero attached hydrogens (tertiary/aromatic N) is 1. The highest BCUT2D eigenvalue weighted by atomic mass is 16.2. The molecular formula is C27H27N3O3. The second-order valence-corrected chi connectivity index (χ2v) is 8.48.